The lowest BCUT2D eigenvalue weighted by Gasteiger charge is -2.37. The Morgan fingerprint density at radius 1 is 0.590 bits per heavy atom. The third kappa shape index (κ3) is 9.63. The molecule has 5 aliphatic rings. The molecule has 2 aliphatic carbocycles. The topological polar surface area (TPSA) is 81.2 Å². The van der Waals surface area contributed by atoms with E-state index in [2.05, 4.69) is 92.1 Å². The maximum Gasteiger partial charge on any atom is 0.263 e. The summed E-state index contributed by atoms with van der Waals surface area (Å²) < 4.78 is 0. The predicted octanol–water partition coefficient (Wildman–Crippen LogP) is 16.1. The largest absolute Gasteiger partial charge is 0.371 e. The zero-order chi connectivity index (χ0) is 54.0. The SMILES string of the molecule is CCCCCCC(CCCCCC)N(C)C(=O)C1=C2Cc3c(c4ccc5c6ccc7c8c(c(N9CCCC9)cc(c9ccc(c3=CC(N3CCCC3)=C2C=O)c4c59)c86)C(=O)N(C(CCCCCC)CCCCCC)C7=O)C=C1. The van der Waals surface area contributed by atoms with E-state index in [9.17, 15) is 4.79 Å². The molecule has 8 heteroatoms. The van der Waals surface area contributed by atoms with Crippen LogP contribution in [0, 0.1) is 0 Å². The smallest absolute Gasteiger partial charge is 0.263 e. The molecule has 0 atom stereocenters. The van der Waals surface area contributed by atoms with Crippen molar-refractivity contribution in [3.05, 3.63) is 98.4 Å². The zero-order valence-electron chi connectivity index (χ0n) is 47.9. The molecule has 11 rings (SSSR count). The maximum absolute atomic E-state index is 15.6. The van der Waals surface area contributed by atoms with Gasteiger partial charge in [0.1, 0.15) is 0 Å². The lowest BCUT2D eigenvalue weighted by Crippen LogP contribution is -2.47. The van der Waals surface area contributed by atoms with Crippen LogP contribution in [0.4, 0.5) is 5.69 Å². The summed E-state index contributed by atoms with van der Waals surface area (Å²) in [5, 5.41) is 12.0. The minimum atomic E-state index is -0.140. The van der Waals surface area contributed by atoms with Crippen LogP contribution in [-0.4, -0.2) is 84.0 Å². The van der Waals surface area contributed by atoms with Crippen molar-refractivity contribution < 1.29 is 19.2 Å². The molecule has 0 spiro atoms. The van der Waals surface area contributed by atoms with Crippen LogP contribution in [0.5, 0.6) is 0 Å². The number of carbonyl (C=O) groups is 4. The van der Waals surface area contributed by atoms with Crippen molar-refractivity contribution >= 4 is 95.7 Å². The van der Waals surface area contributed by atoms with E-state index >= 15 is 14.4 Å². The lowest BCUT2D eigenvalue weighted by molar-refractivity contribution is -0.127. The number of nitrogens with zero attached hydrogens (tertiary/aromatic N) is 4. The van der Waals surface area contributed by atoms with Gasteiger partial charge < -0.3 is 14.7 Å². The number of amides is 3. The van der Waals surface area contributed by atoms with Crippen molar-refractivity contribution in [1.82, 2.24) is 14.7 Å². The molecule has 0 radical (unpaired) electrons. The fraction of sp³-hybridized carbons (Fsp3) is 0.514. The number of carbonyl (C=O) groups excluding carboxylic acids is 4. The van der Waals surface area contributed by atoms with Gasteiger partial charge in [-0.3, -0.25) is 24.1 Å². The van der Waals surface area contributed by atoms with Crippen molar-refractivity contribution in [3.63, 3.8) is 0 Å². The number of likely N-dealkylation sites (tertiary alicyclic amines) is 1. The average molecular weight is 1050 g/mol. The maximum atomic E-state index is 15.6. The summed E-state index contributed by atoms with van der Waals surface area (Å²) in [6.45, 7) is 12.5. The fourth-order valence-electron chi connectivity index (χ4n) is 14.9. The summed E-state index contributed by atoms with van der Waals surface area (Å²) in [7, 11) is 2.02. The minimum Gasteiger partial charge on any atom is -0.371 e. The highest BCUT2D eigenvalue weighted by atomic mass is 16.2. The Balaban J connectivity index is 1.10. The Kier molecular flexibility index (Phi) is 16.4. The van der Waals surface area contributed by atoms with Crippen LogP contribution in [0.2, 0.25) is 0 Å². The Labute approximate surface area is 464 Å². The summed E-state index contributed by atoms with van der Waals surface area (Å²) in [6.07, 6.45) is 34.2. The van der Waals surface area contributed by atoms with Crippen LogP contribution in [0.25, 0.3) is 66.0 Å². The first-order valence-corrected chi connectivity index (χ1v) is 31.2. The molecule has 0 unspecified atom stereocenters. The summed E-state index contributed by atoms with van der Waals surface area (Å²) in [5.74, 6) is -0.248. The van der Waals surface area contributed by atoms with Crippen LogP contribution in [0.3, 0.4) is 0 Å². The number of imide groups is 1. The molecule has 2 saturated heterocycles. The first-order chi connectivity index (χ1) is 38.2. The van der Waals surface area contributed by atoms with Gasteiger partial charge in [0, 0.05) is 79.5 Å². The molecule has 0 saturated carbocycles. The van der Waals surface area contributed by atoms with Gasteiger partial charge in [0.05, 0.1) is 11.3 Å². The lowest BCUT2D eigenvalue weighted by atomic mass is 9.81. The Morgan fingerprint density at radius 3 is 1.72 bits per heavy atom. The van der Waals surface area contributed by atoms with Gasteiger partial charge in [-0.1, -0.05) is 167 Å². The highest BCUT2D eigenvalue weighted by Crippen LogP contribution is 2.50. The number of fused-ring (bicyclic) bond motifs is 5. The van der Waals surface area contributed by atoms with E-state index in [0.717, 1.165) is 224 Å². The predicted molar refractivity (Wildman–Crippen MR) is 326 cm³/mol. The van der Waals surface area contributed by atoms with E-state index in [-0.39, 0.29) is 29.8 Å². The van der Waals surface area contributed by atoms with Crippen LogP contribution in [-0.2, 0) is 16.0 Å². The van der Waals surface area contributed by atoms with Gasteiger partial charge in [-0.25, -0.2) is 0 Å². The van der Waals surface area contributed by atoms with E-state index in [1.165, 1.54) is 49.3 Å². The first kappa shape index (κ1) is 54.0. The molecule has 3 heterocycles. The summed E-state index contributed by atoms with van der Waals surface area (Å²) in [5.41, 5.74) is 7.63. The first-order valence-electron chi connectivity index (χ1n) is 31.2. The molecule has 0 aromatic heterocycles. The van der Waals surface area contributed by atoms with E-state index < -0.39 is 0 Å². The monoisotopic (exact) mass is 1050 g/mol. The number of allylic oxidation sites excluding steroid dienone is 3. The van der Waals surface area contributed by atoms with Crippen LogP contribution < -0.4 is 10.1 Å². The number of benzene rings is 6. The van der Waals surface area contributed by atoms with Gasteiger partial charge in [-0.15, -0.1) is 0 Å². The quantitative estimate of drug-likeness (QED) is 0.0177. The third-order valence-electron chi connectivity index (χ3n) is 19.1. The molecule has 6 aromatic carbocycles. The number of unbranched alkanes of at least 4 members (excludes halogenated alkanes) is 12. The second-order valence-electron chi connectivity index (χ2n) is 24.1. The van der Waals surface area contributed by atoms with Gasteiger partial charge in [0.15, 0.2) is 6.29 Å². The average Bonchev–Trinajstić information content (AvgIpc) is 3.99. The van der Waals surface area contributed by atoms with Crippen LogP contribution in [0.15, 0.2) is 71.0 Å². The van der Waals surface area contributed by atoms with Crippen molar-refractivity contribution in [3.8, 4) is 0 Å². The molecular weight excluding hydrogens is 961 g/mol. The minimum absolute atomic E-state index is 0.00955. The van der Waals surface area contributed by atoms with Gasteiger partial charge in [0.25, 0.3) is 17.7 Å². The van der Waals surface area contributed by atoms with Gasteiger partial charge in [-0.2, -0.15) is 0 Å². The Bertz CT molecular complexity index is 3400. The Morgan fingerprint density at radius 2 is 1.12 bits per heavy atom. The molecule has 410 valence electrons. The summed E-state index contributed by atoms with van der Waals surface area (Å²) >= 11 is 0. The van der Waals surface area contributed by atoms with Crippen LogP contribution in [0.1, 0.15) is 214 Å². The number of likely N-dealkylation sites (N-methyl/N-ethyl adjacent to an activating group) is 1. The highest BCUT2D eigenvalue weighted by Gasteiger charge is 2.41. The summed E-state index contributed by atoms with van der Waals surface area (Å²) in [4.78, 5) is 68.7. The summed E-state index contributed by atoms with van der Waals surface area (Å²) in [6, 6.07) is 15.7. The van der Waals surface area contributed by atoms with Gasteiger partial charge in [-0.05, 0) is 146 Å². The number of hydrogen-bond acceptors (Lipinski definition) is 6. The third-order valence-corrected chi connectivity index (χ3v) is 19.1. The van der Waals surface area contributed by atoms with Gasteiger partial charge >= 0.3 is 0 Å². The highest BCUT2D eigenvalue weighted by molar-refractivity contribution is 6.42. The molecule has 0 N–H and O–H groups in total. The van der Waals surface area contributed by atoms with E-state index in [1.807, 2.05) is 18.0 Å². The molecule has 2 bridgehead atoms. The number of hydrogen-bond donors (Lipinski definition) is 0. The molecule has 6 aromatic rings. The van der Waals surface area contributed by atoms with Gasteiger partial charge in [0.2, 0.25) is 0 Å². The number of rotatable bonds is 26. The second kappa shape index (κ2) is 23.7. The van der Waals surface area contributed by atoms with Crippen LogP contribution >= 0.6 is 0 Å². The number of anilines is 1. The number of aldehydes is 1. The van der Waals surface area contributed by atoms with Crippen molar-refractivity contribution in [2.24, 2.45) is 0 Å². The second-order valence-corrected chi connectivity index (χ2v) is 24.1. The van der Waals surface area contributed by atoms with Crippen molar-refractivity contribution in [2.45, 2.75) is 200 Å². The van der Waals surface area contributed by atoms with E-state index in [1.54, 1.807) is 4.90 Å². The molecule has 3 amide bonds. The Hall–Kier alpha value is -6.02. The van der Waals surface area contributed by atoms with E-state index in [0.29, 0.717) is 28.7 Å². The van der Waals surface area contributed by atoms with Crippen molar-refractivity contribution in [1.29, 1.82) is 0 Å². The molecule has 8 nitrogen and oxygen atoms in total. The molecular formula is C70H86N4O4. The molecule has 2 fully saturated rings. The zero-order valence-corrected chi connectivity index (χ0v) is 47.9. The molecule has 3 aliphatic heterocycles. The standard InChI is InChI=1S/C70H86N4O4/c1-6-10-14-18-26-46(27-19-15-11-7-2)71(5)68(76)54-36-30-48-49-31-32-50-51-35-37-55-66-65(51)59(53-34-33-52(63(49)64(50)53)58-43-61(72-38-22-23-39-72)60(45-75)57(54)42-56(48)58)44-62(73-40-24-25-41-73)67(66)70(78)74(69(55)77)47(28-20-16-12-8-3)29-21-17-13-9-4/h30-37,43-47H,6-29,38-42H2,1-5H3. The fourth-order valence-corrected chi connectivity index (χ4v) is 14.9. The molecule has 78 heavy (non-hydrogen) atoms. The van der Waals surface area contributed by atoms with Crippen molar-refractivity contribution in [2.75, 3.05) is 38.1 Å². The normalized spacial score (nSPS) is 16.6. The van der Waals surface area contributed by atoms with E-state index in [4.69, 9.17) is 0 Å².